The molecule has 0 aliphatic heterocycles. The van der Waals surface area contributed by atoms with Gasteiger partial charge in [0.25, 0.3) is 6.43 Å². The lowest BCUT2D eigenvalue weighted by molar-refractivity contribution is -0.0328. The van der Waals surface area contributed by atoms with E-state index >= 15 is 0 Å². The lowest BCUT2D eigenvalue weighted by atomic mass is 10.0. The monoisotopic (exact) mass is 284 g/mol. The molecule has 0 aliphatic rings. The van der Waals surface area contributed by atoms with E-state index in [1.54, 1.807) is 0 Å². The van der Waals surface area contributed by atoms with E-state index in [9.17, 15) is 26.7 Å². The summed E-state index contributed by atoms with van der Waals surface area (Å²) in [5, 5.41) is 0. The van der Waals surface area contributed by atoms with Gasteiger partial charge in [-0.3, -0.25) is 4.79 Å². The van der Waals surface area contributed by atoms with Crippen LogP contribution in [0.15, 0.2) is 23.1 Å². The van der Waals surface area contributed by atoms with Crippen LogP contribution in [-0.4, -0.2) is 11.3 Å². The molecule has 0 aliphatic carbocycles. The highest BCUT2D eigenvalue weighted by molar-refractivity contribution is 8.00. The van der Waals surface area contributed by atoms with Gasteiger partial charge in [0.05, 0.1) is 0 Å². The first kappa shape index (κ1) is 14.9. The molecule has 1 nitrogen and oxygen atoms in total. The smallest absolute Gasteiger partial charge is 0.294 e. The summed E-state index contributed by atoms with van der Waals surface area (Å²) in [7, 11) is 0. The molecule has 1 aromatic carbocycles. The van der Waals surface area contributed by atoms with Crippen LogP contribution in [0.1, 0.15) is 35.7 Å². The van der Waals surface area contributed by atoms with Gasteiger partial charge in [-0.15, -0.1) is 0 Å². The summed E-state index contributed by atoms with van der Waals surface area (Å²) in [5.41, 5.74) is -5.39. The molecule has 0 amide bonds. The van der Waals surface area contributed by atoms with Crippen molar-refractivity contribution in [3.8, 4) is 0 Å². The number of rotatable bonds is 4. The second-order valence-corrected chi connectivity index (χ2v) is 4.51. The van der Waals surface area contributed by atoms with Crippen molar-refractivity contribution in [1.29, 1.82) is 0 Å². The first-order valence-electron chi connectivity index (χ1n) is 4.95. The van der Waals surface area contributed by atoms with Gasteiger partial charge in [-0.05, 0) is 23.9 Å². The third-order valence-corrected chi connectivity index (χ3v) is 2.84. The Kier molecular flexibility index (Phi) is 4.72. The van der Waals surface area contributed by atoms with Gasteiger partial charge in [-0.1, -0.05) is 13.0 Å². The average molecular weight is 284 g/mol. The van der Waals surface area contributed by atoms with Crippen LogP contribution in [0, 0.1) is 0 Å². The van der Waals surface area contributed by atoms with Crippen molar-refractivity contribution in [3.63, 3.8) is 0 Å². The highest BCUT2D eigenvalue weighted by Gasteiger charge is 2.30. The van der Waals surface area contributed by atoms with Crippen molar-refractivity contribution in [2.75, 3.05) is 0 Å². The third kappa shape index (κ3) is 3.97. The number of hydrogen-bond donors (Lipinski definition) is 0. The van der Waals surface area contributed by atoms with E-state index in [4.69, 9.17) is 0 Å². The lowest BCUT2D eigenvalue weighted by Crippen LogP contribution is -2.05. The van der Waals surface area contributed by atoms with Crippen LogP contribution >= 0.6 is 11.8 Å². The van der Waals surface area contributed by atoms with Gasteiger partial charge in [0.15, 0.2) is 5.78 Å². The highest BCUT2D eigenvalue weighted by atomic mass is 32.2. The molecule has 1 aromatic rings. The van der Waals surface area contributed by atoms with Gasteiger partial charge in [-0.25, -0.2) is 8.78 Å². The van der Waals surface area contributed by atoms with Gasteiger partial charge in [0, 0.05) is 22.4 Å². The van der Waals surface area contributed by atoms with Gasteiger partial charge in [0.2, 0.25) is 0 Å². The van der Waals surface area contributed by atoms with E-state index in [1.807, 2.05) is 0 Å². The van der Waals surface area contributed by atoms with Gasteiger partial charge in [0.1, 0.15) is 0 Å². The first-order chi connectivity index (χ1) is 8.24. The molecule has 7 heteroatoms. The zero-order valence-electron chi connectivity index (χ0n) is 9.22. The molecular formula is C11H9F5OS. The van der Waals surface area contributed by atoms with Crippen LogP contribution < -0.4 is 0 Å². The molecule has 0 aromatic heterocycles. The van der Waals surface area contributed by atoms with Crippen molar-refractivity contribution in [2.45, 2.75) is 30.2 Å². The molecule has 0 saturated carbocycles. The van der Waals surface area contributed by atoms with E-state index in [0.29, 0.717) is 0 Å². The molecule has 18 heavy (non-hydrogen) atoms. The molecule has 0 fully saturated rings. The van der Waals surface area contributed by atoms with Crippen LogP contribution in [0.2, 0.25) is 0 Å². The number of carbonyl (C=O) groups is 1. The Morgan fingerprint density at radius 2 is 1.94 bits per heavy atom. The Morgan fingerprint density at radius 3 is 2.39 bits per heavy atom. The summed E-state index contributed by atoms with van der Waals surface area (Å²) in [5.74, 6) is -0.602. The average Bonchev–Trinajstić information content (AvgIpc) is 2.25. The van der Waals surface area contributed by atoms with Crippen molar-refractivity contribution >= 4 is 17.5 Å². The first-order valence-corrected chi connectivity index (χ1v) is 5.77. The Labute approximate surface area is 104 Å². The zero-order chi connectivity index (χ0) is 13.9. The van der Waals surface area contributed by atoms with Crippen LogP contribution in [0.4, 0.5) is 22.0 Å². The lowest BCUT2D eigenvalue weighted by Gasteiger charge is -2.10. The minimum Gasteiger partial charge on any atom is -0.294 e. The molecule has 0 N–H and O–H groups in total. The van der Waals surface area contributed by atoms with E-state index in [2.05, 4.69) is 0 Å². The molecule has 0 heterocycles. The minimum atomic E-state index is -4.52. The maximum Gasteiger partial charge on any atom is 0.446 e. The number of alkyl halides is 5. The summed E-state index contributed by atoms with van der Waals surface area (Å²) >= 11 is -0.434. The molecular weight excluding hydrogens is 275 g/mol. The van der Waals surface area contributed by atoms with Crippen molar-refractivity contribution < 1.29 is 26.7 Å². The Hall–Kier alpha value is -1.11. The fraction of sp³-hybridized carbons (Fsp3) is 0.364. The largest absolute Gasteiger partial charge is 0.446 e. The van der Waals surface area contributed by atoms with Gasteiger partial charge in [-0.2, -0.15) is 13.2 Å². The molecule has 0 atom stereocenters. The maximum atomic E-state index is 12.6. The molecule has 0 saturated heterocycles. The van der Waals surface area contributed by atoms with Crippen LogP contribution in [0.3, 0.4) is 0 Å². The van der Waals surface area contributed by atoms with Gasteiger partial charge >= 0.3 is 5.51 Å². The number of Topliss-reactive ketones (excluding diaryl/α,β-unsaturated/α-hetero) is 1. The number of thioether (sulfide) groups is 1. The Morgan fingerprint density at radius 1 is 1.33 bits per heavy atom. The van der Waals surface area contributed by atoms with Crippen molar-refractivity contribution in [2.24, 2.45) is 0 Å². The SMILES string of the molecule is CCC(=O)c1cc(SC(F)(F)F)ccc1C(F)F. The normalized spacial score (nSPS) is 11.9. The molecule has 0 spiro atoms. The Bertz CT molecular complexity index is 442. The summed E-state index contributed by atoms with van der Waals surface area (Å²) in [6, 6.07) is 2.67. The topological polar surface area (TPSA) is 17.1 Å². The number of carbonyl (C=O) groups excluding carboxylic acids is 1. The van der Waals surface area contributed by atoms with E-state index in [-0.39, 0.29) is 16.9 Å². The van der Waals surface area contributed by atoms with Crippen LogP contribution in [-0.2, 0) is 0 Å². The fourth-order valence-electron chi connectivity index (χ4n) is 1.35. The highest BCUT2D eigenvalue weighted by Crippen LogP contribution is 2.38. The number of halogens is 5. The summed E-state index contributed by atoms with van der Waals surface area (Å²) in [6.45, 7) is 1.46. The van der Waals surface area contributed by atoms with Crippen LogP contribution in [0.5, 0.6) is 0 Å². The van der Waals surface area contributed by atoms with Crippen molar-refractivity contribution in [3.05, 3.63) is 29.3 Å². The van der Waals surface area contributed by atoms with Crippen molar-refractivity contribution in [1.82, 2.24) is 0 Å². The standard InChI is InChI=1S/C11H9F5OS/c1-2-9(17)8-5-6(18-11(14,15)16)3-4-7(8)10(12)13/h3-5,10H,2H2,1H3. The minimum absolute atomic E-state index is 0.0418. The summed E-state index contributed by atoms with van der Waals surface area (Å²) < 4.78 is 61.7. The quantitative estimate of drug-likeness (QED) is 0.447. The Balaban J connectivity index is 3.17. The fourth-order valence-corrected chi connectivity index (χ4v) is 1.93. The summed E-state index contributed by atoms with van der Waals surface area (Å²) in [6.07, 6.45) is -2.93. The number of hydrogen-bond acceptors (Lipinski definition) is 2. The molecule has 1 rings (SSSR count). The molecule has 0 unspecified atom stereocenters. The van der Waals surface area contributed by atoms with Gasteiger partial charge < -0.3 is 0 Å². The number of ketones is 1. The second-order valence-electron chi connectivity index (χ2n) is 3.37. The second kappa shape index (κ2) is 5.69. The van der Waals surface area contributed by atoms with E-state index in [1.165, 1.54) is 6.92 Å². The molecule has 100 valence electrons. The predicted octanol–water partition coefficient (Wildman–Crippen LogP) is 4.83. The van der Waals surface area contributed by atoms with Crippen LogP contribution in [0.25, 0.3) is 0 Å². The third-order valence-electron chi connectivity index (χ3n) is 2.11. The predicted molar refractivity (Wildman–Crippen MR) is 57.9 cm³/mol. The summed E-state index contributed by atoms with van der Waals surface area (Å²) in [4.78, 5) is 11.2. The zero-order valence-corrected chi connectivity index (χ0v) is 10.0. The number of benzene rings is 1. The van der Waals surface area contributed by atoms with E-state index < -0.39 is 35.0 Å². The maximum absolute atomic E-state index is 12.6. The van der Waals surface area contributed by atoms with E-state index in [0.717, 1.165) is 18.2 Å². The molecule has 0 bridgehead atoms. The molecule has 0 radical (unpaired) electrons.